The molecule has 5 heteroatoms. The lowest BCUT2D eigenvalue weighted by Gasteiger charge is -2.32. The molecule has 0 saturated carbocycles. The van der Waals surface area contributed by atoms with Crippen molar-refractivity contribution >= 4 is 17.5 Å². The first-order valence-electron chi connectivity index (χ1n) is 5.79. The SMILES string of the molecule is CN1CCN(C(=O)c2ccc(Cl)c(C#N)c2)CC1. The second-order valence-corrected chi connectivity index (χ2v) is 4.81. The number of nitrogens with zero attached hydrogens (tertiary/aromatic N) is 3. The number of nitriles is 1. The molecule has 0 spiro atoms. The van der Waals surface area contributed by atoms with E-state index in [1.807, 2.05) is 18.0 Å². The summed E-state index contributed by atoms with van der Waals surface area (Å²) < 4.78 is 0. The van der Waals surface area contributed by atoms with Crippen molar-refractivity contribution in [2.45, 2.75) is 0 Å². The minimum Gasteiger partial charge on any atom is -0.336 e. The van der Waals surface area contributed by atoms with Crippen molar-refractivity contribution in [2.75, 3.05) is 33.2 Å². The smallest absolute Gasteiger partial charge is 0.253 e. The van der Waals surface area contributed by atoms with E-state index in [1.54, 1.807) is 18.2 Å². The van der Waals surface area contributed by atoms with E-state index in [0.29, 0.717) is 16.1 Å². The van der Waals surface area contributed by atoms with Crippen molar-refractivity contribution < 1.29 is 4.79 Å². The molecule has 1 aliphatic rings. The van der Waals surface area contributed by atoms with Crippen LogP contribution in [-0.2, 0) is 0 Å². The zero-order valence-corrected chi connectivity index (χ0v) is 10.9. The Morgan fingerprint density at radius 1 is 1.33 bits per heavy atom. The first-order chi connectivity index (χ1) is 8.61. The number of benzene rings is 1. The Morgan fingerprint density at radius 2 is 2.00 bits per heavy atom. The van der Waals surface area contributed by atoms with Gasteiger partial charge in [0, 0.05) is 31.7 Å². The molecule has 1 aromatic rings. The normalized spacial score (nSPS) is 16.4. The number of carbonyl (C=O) groups is 1. The zero-order chi connectivity index (χ0) is 13.1. The maximum absolute atomic E-state index is 12.2. The number of carbonyl (C=O) groups excluding carboxylic acids is 1. The van der Waals surface area contributed by atoms with E-state index in [1.165, 1.54) is 0 Å². The van der Waals surface area contributed by atoms with Crippen molar-refractivity contribution in [1.29, 1.82) is 5.26 Å². The maximum atomic E-state index is 12.2. The van der Waals surface area contributed by atoms with Crippen LogP contribution in [0.1, 0.15) is 15.9 Å². The van der Waals surface area contributed by atoms with E-state index in [9.17, 15) is 4.79 Å². The molecular weight excluding hydrogens is 250 g/mol. The maximum Gasteiger partial charge on any atom is 0.253 e. The van der Waals surface area contributed by atoms with Crippen molar-refractivity contribution in [3.8, 4) is 6.07 Å². The molecule has 0 N–H and O–H groups in total. The third-order valence-corrected chi connectivity index (χ3v) is 3.45. The summed E-state index contributed by atoms with van der Waals surface area (Å²) in [4.78, 5) is 16.2. The number of halogens is 1. The number of rotatable bonds is 1. The van der Waals surface area contributed by atoms with Crippen molar-refractivity contribution in [3.63, 3.8) is 0 Å². The number of amides is 1. The first-order valence-corrected chi connectivity index (χ1v) is 6.17. The molecule has 1 amide bonds. The van der Waals surface area contributed by atoms with Crippen LogP contribution in [-0.4, -0.2) is 48.9 Å². The second-order valence-electron chi connectivity index (χ2n) is 4.40. The van der Waals surface area contributed by atoms with Crippen LogP contribution in [0.4, 0.5) is 0 Å². The van der Waals surface area contributed by atoms with Gasteiger partial charge in [-0.15, -0.1) is 0 Å². The Balaban J connectivity index is 2.17. The van der Waals surface area contributed by atoms with E-state index in [2.05, 4.69) is 4.90 Å². The average molecular weight is 264 g/mol. The molecule has 1 saturated heterocycles. The number of hydrogen-bond acceptors (Lipinski definition) is 3. The third kappa shape index (κ3) is 2.63. The fraction of sp³-hybridized carbons (Fsp3) is 0.385. The fourth-order valence-corrected chi connectivity index (χ4v) is 2.10. The van der Waals surface area contributed by atoms with Crippen LogP contribution in [0.2, 0.25) is 5.02 Å². The lowest BCUT2D eigenvalue weighted by Crippen LogP contribution is -2.47. The van der Waals surface area contributed by atoms with Gasteiger partial charge < -0.3 is 9.80 Å². The summed E-state index contributed by atoms with van der Waals surface area (Å²) in [7, 11) is 2.04. The highest BCUT2D eigenvalue weighted by Crippen LogP contribution is 2.18. The predicted octanol–water partition coefficient (Wildman–Crippen LogP) is 1.60. The Hall–Kier alpha value is -1.57. The number of hydrogen-bond donors (Lipinski definition) is 0. The van der Waals surface area contributed by atoms with Gasteiger partial charge >= 0.3 is 0 Å². The summed E-state index contributed by atoms with van der Waals surface area (Å²) in [6.45, 7) is 3.20. The van der Waals surface area contributed by atoms with E-state index in [-0.39, 0.29) is 5.91 Å². The van der Waals surface area contributed by atoms with Crippen molar-refractivity contribution in [3.05, 3.63) is 34.3 Å². The van der Waals surface area contributed by atoms with Gasteiger partial charge in [-0.25, -0.2) is 0 Å². The molecule has 0 aliphatic carbocycles. The number of piperazine rings is 1. The molecule has 0 radical (unpaired) electrons. The Bertz CT molecular complexity index is 501. The number of likely N-dealkylation sites (N-methyl/N-ethyl adjacent to an activating group) is 1. The molecule has 1 aliphatic heterocycles. The molecule has 0 bridgehead atoms. The molecule has 18 heavy (non-hydrogen) atoms. The monoisotopic (exact) mass is 263 g/mol. The Kier molecular flexibility index (Phi) is 3.85. The molecule has 1 fully saturated rings. The highest BCUT2D eigenvalue weighted by Gasteiger charge is 2.20. The Labute approximate surface area is 111 Å². The molecule has 0 aromatic heterocycles. The first kappa shape index (κ1) is 12.9. The summed E-state index contributed by atoms with van der Waals surface area (Å²) in [6.07, 6.45) is 0. The van der Waals surface area contributed by atoms with E-state index < -0.39 is 0 Å². The van der Waals surface area contributed by atoms with Gasteiger partial charge in [0.05, 0.1) is 10.6 Å². The van der Waals surface area contributed by atoms with Gasteiger partial charge in [-0.3, -0.25) is 4.79 Å². The van der Waals surface area contributed by atoms with Crippen LogP contribution in [0, 0.1) is 11.3 Å². The molecular formula is C13H14ClN3O. The zero-order valence-electron chi connectivity index (χ0n) is 10.2. The Morgan fingerprint density at radius 3 is 2.61 bits per heavy atom. The summed E-state index contributed by atoms with van der Waals surface area (Å²) >= 11 is 5.85. The molecule has 0 atom stereocenters. The van der Waals surface area contributed by atoms with Crippen LogP contribution in [0.15, 0.2) is 18.2 Å². The van der Waals surface area contributed by atoms with Gasteiger partial charge in [-0.05, 0) is 25.2 Å². The van der Waals surface area contributed by atoms with Crippen molar-refractivity contribution in [2.24, 2.45) is 0 Å². The highest BCUT2D eigenvalue weighted by atomic mass is 35.5. The van der Waals surface area contributed by atoms with Gasteiger partial charge in [-0.2, -0.15) is 5.26 Å². The third-order valence-electron chi connectivity index (χ3n) is 3.12. The van der Waals surface area contributed by atoms with E-state index >= 15 is 0 Å². The van der Waals surface area contributed by atoms with Crippen molar-refractivity contribution in [1.82, 2.24) is 9.80 Å². The summed E-state index contributed by atoms with van der Waals surface area (Å²) in [6, 6.07) is 6.82. The highest BCUT2D eigenvalue weighted by molar-refractivity contribution is 6.31. The minimum atomic E-state index is -0.0312. The van der Waals surface area contributed by atoms with Crippen LogP contribution in [0.3, 0.4) is 0 Å². The fourth-order valence-electron chi connectivity index (χ4n) is 1.94. The molecule has 2 rings (SSSR count). The standard InChI is InChI=1S/C13H14ClN3O/c1-16-4-6-17(7-5-16)13(18)10-2-3-12(14)11(8-10)9-15/h2-3,8H,4-7H2,1H3. The second kappa shape index (κ2) is 5.38. The minimum absolute atomic E-state index is 0.0312. The van der Waals surface area contributed by atoms with Gasteiger partial charge in [0.1, 0.15) is 6.07 Å². The van der Waals surface area contributed by atoms with Crippen LogP contribution in [0.5, 0.6) is 0 Å². The molecule has 4 nitrogen and oxygen atoms in total. The summed E-state index contributed by atoms with van der Waals surface area (Å²) in [5, 5.41) is 9.29. The molecule has 0 unspecified atom stereocenters. The molecule has 94 valence electrons. The van der Waals surface area contributed by atoms with Gasteiger partial charge in [0.15, 0.2) is 0 Å². The van der Waals surface area contributed by atoms with Gasteiger partial charge in [-0.1, -0.05) is 11.6 Å². The topological polar surface area (TPSA) is 47.3 Å². The van der Waals surface area contributed by atoms with E-state index in [0.717, 1.165) is 26.2 Å². The average Bonchev–Trinajstić information content (AvgIpc) is 2.39. The van der Waals surface area contributed by atoms with Crippen LogP contribution < -0.4 is 0 Å². The van der Waals surface area contributed by atoms with Crippen LogP contribution >= 0.6 is 11.6 Å². The quantitative estimate of drug-likeness (QED) is 0.773. The predicted molar refractivity (Wildman–Crippen MR) is 69.6 cm³/mol. The van der Waals surface area contributed by atoms with Crippen LogP contribution in [0.25, 0.3) is 0 Å². The summed E-state index contributed by atoms with van der Waals surface area (Å²) in [5.74, 6) is -0.0312. The largest absolute Gasteiger partial charge is 0.336 e. The lowest BCUT2D eigenvalue weighted by atomic mass is 10.1. The van der Waals surface area contributed by atoms with E-state index in [4.69, 9.17) is 16.9 Å². The summed E-state index contributed by atoms with van der Waals surface area (Å²) in [5.41, 5.74) is 0.872. The van der Waals surface area contributed by atoms with Gasteiger partial charge in [0.2, 0.25) is 0 Å². The van der Waals surface area contributed by atoms with Gasteiger partial charge in [0.25, 0.3) is 5.91 Å². The molecule has 1 heterocycles. The molecule has 1 aromatic carbocycles. The lowest BCUT2D eigenvalue weighted by molar-refractivity contribution is 0.0664.